The number of nitrogens with one attached hydrogen (secondary N) is 1. The maximum absolute atomic E-state index is 12.5. The Morgan fingerprint density at radius 2 is 2.21 bits per heavy atom. The molecule has 3 rings (SSSR count). The molecule has 2 amide bonds. The molecule has 0 radical (unpaired) electrons. The van der Waals surface area contributed by atoms with Crippen molar-refractivity contribution in [2.75, 3.05) is 17.2 Å². The summed E-state index contributed by atoms with van der Waals surface area (Å²) in [7, 11) is 0. The summed E-state index contributed by atoms with van der Waals surface area (Å²) in [5, 5.41) is 2.73. The van der Waals surface area contributed by atoms with Crippen molar-refractivity contribution in [1.82, 2.24) is 5.32 Å². The van der Waals surface area contributed by atoms with Gasteiger partial charge in [0.25, 0.3) is 0 Å². The standard InChI is InChI=1S/C14H17N3O2/c15-10-4-1-5-12-9(10)3-2-8-17(12)14(19)11-6-7-13(18)16-11/h1,4-5,11H,2-3,6-8,15H2,(H,16,18). The summed E-state index contributed by atoms with van der Waals surface area (Å²) in [6.07, 6.45) is 2.84. The van der Waals surface area contributed by atoms with Crippen molar-refractivity contribution in [3.63, 3.8) is 0 Å². The molecule has 2 aliphatic rings. The van der Waals surface area contributed by atoms with Gasteiger partial charge < -0.3 is 16.0 Å². The Balaban J connectivity index is 1.89. The Kier molecular flexibility index (Phi) is 2.89. The second-order valence-electron chi connectivity index (χ2n) is 5.10. The van der Waals surface area contributed by atoms with Crippen molar-refractivity contribution in [2.45, 2.75) is 31.7 Å². The van der Waals surface area contributed by atoms with Gasteiger partial charge in [-0.3, -0.25) is 9.59 Å². The molecular formula is C14H17N3O2. The van der Waals surface area contributed by atoms with Gasteiger partial charge in [0.1, 0.15) is 6.04 Å². The lowest BCUT2D eigenvalue weighted by atomic mass is 9.99. The van der Waals surface area contributed by atoms with Crippen molar-refractivity contribution < 1.29 is 9.59 Å². The molecule has 0 saturated carbocycles. The van der Waals surface area contributed by atoms with Crippen molar-refractivity contribution in [2.24, 2.45) is 0 Å². The minimum Gasteiger partial charge on any atom is -0.398 e. The first-order valence-corrected chi connectivity index (χ1v) is 6.65. The zero-order valence-corrected chi connectivity index (χ0v) is 10.7. The van der Waals surface area contributed by atoms with Crippen LogP contribution < -0.4 is 16.0 Å². The highest BCUT2D eigenvalue weighted by atomic mass is 16.2. The molecule has 1 saturated heterocycles. The lowest BCUT2D eigenvalue weighted by Crippen LogP contribution is -2.46. The van der Waals surface area contributed by atoms with Gasteiger partial charge in [-0.05, 0) is 37.0 Å². The zero-order chi connectivity index (χ0) is 13.4. The summed E-state index contributed by atoms with van der Waals surface area (Å²) >= 11 is 0. The molecule has 100 valence electrons. The number of amides is 2. The van der Waals surface area contributed by atoms with Crippen molar-refractivity contribution >= 4 is 23.2 Å². The molecule has 1 aromatic carbocycles. The Bertz CT molecular complexity index is 541. The Labute approximate surface area is 111 Å². The minimum atomic E-state index is -0.375. The largest absolute Gasteiger partial charge is 0.398 e. The number of nitrogen functional groups attached to an aromatic ring is 1. The third kappa shape index (κ3) is 2.05. The molecule has 0 bridgehead atoms. The number of carbonyl (C=O) groups is 2. The lowest BCUT2D eigenvalue weighted by molar-refractivity contribution is -0.124. The number of fused-ring (bicyclic) bond motifs is 1. The van der Waals surface area contributed by atoms with Crippen LogP contribution in [0.25, 0.3) is 0 Å². The summed E-state index contributed by atoms with van der Waals surface area (Å²) in [5.74, 6) is -0.0550. The van der Waals surface area contributed by atoms with E-state index in [1.807, 2.05) is 18.2 Å². The molecule has 2 heterocycles. The zero-order valence-electron chi connectivity index (χ0n) is 10.7. The molecule has 0 aromatic heterocycles. The van der Waals surface area contributed by atoms with E-state index in [2.05, 4.69) is 5.32 Å². The summed E-state index contributed by atoms with van der Waals surface area (Å²) in [6, 6.07) is 5.29. The third-order valence-electron chi connectivity index (χ3n) is 3.85. The Morgan fingerprint density at radius 3 is 2.95 bits per heavy atom. The van der Waals surface area contributed by atoms with E-state index in [1.165, 1.54) is 0 Å². The van der Waals surface area contributed by atoms with Gasteiger partial charge in [-0.25, -0.2) is 0 Å². The smallest absolute Gasteiger partial charge is 0.249 e. The first-order valence-electron chi connectivity index (χ1n) is 6.65. The fourth-order valence-electron chi connectivity index (χ4n) is 2.87. The monoisotopic (exact) mass is 259 g/mol. The van der Waals surface area contributed by atoms with Gasteiger partial charge in [-0.15, -0.1) is 0 Å². The number of hydrogen-bond acceptors (Lipinski definition) is 3. The van der Waals surface area contributed by atoms with Crippen molar-refractivity contribution in [3.05, 3.63) is 23.8 Å². The van der Waals surface area contributed by atoms with E-state index in [-0.39, 0.29) is 17.9 Å². The van der Waals surface area contributed by atoms with Crippen LogP contribution in [0.15, 0.2) is 18.2 Å². The van der Waals surface area contributed by atoms with Gasteiger partial charge in [0, 0.05) is 24.3 Å². The topological polar surface area (TPSA) is 75.4 Å². The summed E-state index contributed by atoms with van der Waals surface area (Å²) in [5.41, 5.74) is 8.66. The number of benzene rings is 1. The van der Waals surface area contributed by atoms with Crippen LogP contribution in [0, 0.1) is 0 Å². The van der Waals surface area contributed by atoms with Gasteiger partial charge >= 0.3 is 0 Å². The fourth-order valence-corrected chi connectivity index (χ4v) is 2.87. The van der Waals surface area contributed by atoms with Gasteiger partial charge in [0.2, 0.25) is 11.8 Å². The molecule has 1 aromatic rings. The van der Waals surface area contributed by atoms with Gasteiger partial charge in [0.15, 0.2) is 0 Å². The average molecular weight is 259 g/mol. The number of hydrogen-bond donors (Lipinski definition) is 2. The maximum atomic E-state index is 12.5. The van der Waals surface area contributed by atoms with E-state index in [1.54, 1.807) is 4.90 Å². The SMILES string of the molecule is Nc1cccc2c1CCCN2C(=O)C1CCC(=O)N1. The molecule has 2 aliphatic heterocycles. The molecule has 5 nitrogen and oxygen atoms in total. The summed E-state index contributed by atoms with van der Waals surface area (Å²) < 4.78 is 0. The number of nitrogens with zero attached hydrogens (tertiary/aromatic N) is 1. The number of anilines is 2. The number of rotatable bonds is 1. The first-order chi connectivity index (χ1) is 9.16. The highest BCUT2D eigenvalue weighted by molar-refractivity contribution is 6.02. The van der Waals surface area contributed by atoms with Gasteiger partial charge in [-0.1, -0.05) is 6.07 Å². The molecule has 1 fully saturated rings. The molecule has 1 unspecified atom stereocenters. The number of nitrogens with two attached hydrogens (primary N) is 1. The minimum absolute atomic E-state index is 0.0163. The molecule has 1 atom stereocenters. The van der Waals surface area contributed by atoms with Crippen LogP contribution in [0.4, 0.5) is 11.4 Å². The second kappa shape index (κ2) is 4.57. The van der Waals surface area contributed by atoms with E-state index in [0.717, 1.165) is 29.8 Å². The summed E-state index contributed by atoms with van der Waals surface area (Å²) in [4.78, 5) is 25.5. The van der Waals surface area contributed by atoms with Crippen molar-refractivity contribution in [1.29, 1.82) is 0 Å². The van der Waals surface area contributed by atoms with Crippen LogP contribution in [-0.2, 0) is 16.0 Å². The Morgan fingerprint density at radius 1 is 1.37 bits per heavy atom. The molecular weight excluding hydrogens is 242 g/mol. The van der Waals surface area contributed by atoms with Crippen LogP contribution in [-0.4, -0.2) is 24.4 Å². The molecule has 0 aliphatic carbocycles. The van der Waals surface area contributed by atoms with E-state index in [9.17, 15) is 9.59 Å². The molecule has 3 N–H and O–H groups in total. The first kappa shape index (κ1) is 12.0. The average Bonchev–Trinajstić information content (AvgIpc) is 2.85. The van der Waals surface area contributed by atoms with Gasteiger partial charge in [-0.2, -0.15) is 0 Å². The highest BCUT2D eigenvalue weighted by Gasteiger charge is 2.33. The quantitative estimate of drug-likeness (QED) is 0.733. The summed E-state index contributed by atoms with van der Waals surface area (Å²) in [6.45, 7) is 0.696. The molecule has 5 heteroatoms. The predicted octanol–water partition coefficient (Wildman–Crippen LogP) is 0.827. The molecule has 19 heavy (non-hydrogen) atoms. The number of carbonyl (C=O) groups excluding carboxylic acids is 2. The Hall–Kier alpha value is -2.04. The normalized spacial score (nSPS) is 22.0. The van der Waals surface area contributed by atoms with E-state index >= 15 is 0 Å². The van der Waals surface area contributed by atoms with Gasteiger partial charge in [0.05, 0.1) is 0 Å². The van der Waals surface area contributed by atoms with Crippen LogP contribution in [0.1, 0.15) is 24.8 Å². The van der Waals surface area contributed by atoms with E-state index in [4.69, 9.17) is 5.73 Å². The van der Waals surface area contributed by atoms with Crippen LogP contribution >= 0.6 is 0 Å². The van der Waals surface area contributed by atoms with Crippen LogP contribution in [0.5, 0.6) is 0 Å². The van der Waals surface area contributed by atoms with Crippen molar-refractivity contribution in [3.8, 4) is 0 Å². The van der Waals surface area contributed by atoms with Crippen LogP contribution in [0.3, 0.4) is 0 Å². The third-order valence-corrected chi connectivity index (χ3v) is 3.85. The lowest BCUT2D eigenvalue weighted by Gasteiger charge is -2.32. The second-order valence-corrected chi connectivity index (χ2v) is 5.10. The predicted molar refractivity (Wildman–Crippen MR) is 72.7 cm³/mol. The van der Waals surface area contributed by atoms with Crippen LogP contribution in [0.2, 0.25) is 0 Å². The van der Waals surface area contributed by atoms with E-state index < -0.39 is 0 Å². The van der Waals surface area contributed by atoms with E-state index in [0.29, 0.717) is 19.4 Å². The maximum Gasteiger partial charge on any atom is 0.249 e. The molecule has 0 spiro atoms. The highest BCUT2D eigenvalue weighted by Crippen LogP contribution is 2.32. The fraction of sp³-hybridized carbons (Fsp3) is 0.429.